The number of para-hydroxylation sites is 1. The van der Waals surface area contributed by atoms with Crippen molar-refractivity contribution >= 4 is 11.9 Å². The fourth-order valence-electron chi connectivity index (χ4n) is 5.27. The number of fused-ring (bicyclic) bond motifs is 4. The monoisotopic (exact) mass is 491 g/mol. The molecule has 1 saturated heterocycles. The highest BCUT2D eigenvalue weighted by atomic mass is 16.5. The highest BCUT2D eigenvalue weighted by molar-refractivity contribution is 5.95. The van der Waals surface area contributed by atoms with Crippen LogP contribution in [0.5, 0.6) is 11.5 Å². The first kappa shape index (κ1) is 23.9. The van der Waals surface area contributed by atoms with E-state index in [2.05, 4.69) is 5.10 Å². The third kappa shape index (κ3) is 3.62. The SMILES string of the molecule is COC(=O)C(C)(O)c1ccc(C(=O)N2CCC3(CC2)Oc2ccccc2-c2c3cnn2C)cc1OC. The molecule has 188 valence electrons. The highest BCUT2D eigenvalue weighted by Crippen LogP contribution is 2.49. The maximum absolute atomic E-state index is 13.4. The standard InChI is InChI=1S/C27H29N3O6/c1-26(33,25(32)35-4)19-10-9-17(15-22(19)34-3)24(31)30-13-11-27(12-14-30)20-16-28-29(2)23(20)18-7-5-6-8-21(18)36-27/h5-10,15-16,33H,11-14H2,1-4H3. The molecule has 1 atom stereocenters. The van der Waals surface area contributed by atoms with Gasteiger partial charge in [-0.05, 0) is 31.2 Å². The van der Waals surface area contributed by atoms with Crippen molar-refractivity contribution in [2.45, 2.75) is 31.0 Å². The molecule has 0 radical (unpaired) electrons. The van der Waals surface area contributed by atoms with E-state index in [0.717, 1.165) is 22.6 Å². The molecule has 2 aromatic carbocycles. The Morgan fingerprint density at radius 2 is 1.86 bits per heavy atom. The van der Waals surface area contributed by atoms with Crippen molar-refractivity contribution in [1.29, 1.82) is 0 Å². The molecule has 5 rings (SSSR count). The van der Waals surface area contributed by atoms with Crippen LogP contribution >= 0.6 is 0 Å². The van der Waals surface area contributed by atoms with Crippen LogP contribution in [-0.2, 0) is 27.8 Å². The molecular formula is C27H29N3O6. The number of likely N-dealkylation sites (tertiary alicyclic amines) is 1. The van der Waals surface area contributed by atoms with E-state index in [-0.39, 0.29) is 17.2 Å². The van der Waals surface area contributed by atoms with Gasteiger partial charge in [0.15, 0.2) is 5.60 Å². The zero-order valence-corrected chi connectivity index (χ0v) is 20.8. The minimum absolute atomic E-state index is 0.157. The number of aryl methyl sites for hydroxylation is 1. The van der Waals surface area contributed by atoms with E-state index >= 15 is 0 Å². The summed E-state index contributed by atoms with van der Waals surface area (Å²) in [5, 5.41) is 15.2. The quantitative estimate of drug-likeness (QED) is 0.560. The molecule has 1 fully saturated rings. The number of carbonyl (C=O) groups is 2. The van der Waals surface area contributed by atoms with Gasteiger partial charge < -0.3 is 24.2 Å². The Bertz CT molecular complexity index is 1340. The molecule has 1 unspecified atom stereocenters. The molecule has 1 spiro atoms. The first-order valence-electron chi connectivity index (χ1n) is 11.8. The van der Waals surface area contributed by atoms with Gasteiger partial charge in [0.05, 0.1) is 26.1 Å². The zero-order chi connectivity index (χ0) is 25.7. The third-order valence-corrected chi connectivity index (χ3v) is 7.29. The maximum Gasteiger partial charge on any atom is 0.342 e. The number of amides is 1. The molecule has 0 saturated carbocycles. The molecule has 9 heteroatoms. The van der Waals surface area contributed by atoms with E-state index in [1.807, 2.05) is 42.2 Å². The summed E-state index contributed by atoms with van der Waals surface area (Å²) >= 11 is 0. The Kier molecular flexibility index (Phi) is 5.75. The van der Waals surface area contributed by atoms with Gasteiger partial charge in [0.2, 0.25) is 0 Å². The largest absolute Gasteiger partial charge is 0.496 e. The number of methoxy groups -OCH3 is 2. The van der Waals surface area contributed by atoms with Crippen molar-refractivity contribution in [2.75, 3.05) is 27.3 Å². The number of rotatable bonds is 4. The molecular weight excluding hydrogens is 462 g/mol. The second-order valence-corrected chi connectivity index (χ2v) is 9.39. The first-order valence-corrected chi connectivity index (χ1v) is 11.8. The number of esters is 1. The van der Waals surface area contributed by atoms with Crippen LogP contribution in [0.15, 0.2) is 48.7 Å². The summed E-state index contributed by atoms with van der Waals surface area (Å²) in [4.78, 5) is 27.2. The minimum atomic E-state index is -1.91. The molecule has 9 nitrogen and oxygen atoms in total. The summed E-state index contributed by atoms with van der Waals surface area (Å²) in [5.41, 5.74) is 1.30. The fourth-order valence-corrected chi connectivity index (χ4v) is 5.27. The second-order valence-electron chi connectivity index (χ2n) is 9.39. The van der Waals surface area contributed by atoms with Crippen LogP contribution in [0.3, 0.4) is 0 Å². The lowest BCUT2D eigenvalue weighted by Gasteiger charge is -2.44. The number of ether oxygens (including phenoxy) is 3. The highest BCUT2D eigenvalue weighted by Gasteiger charge is 2.46. The van der Waals surface area contributed by atoms with Gasteiger partial charge in [0.1, 0.15) is 17.1 Å². The predicted octanol–water partition coefficient (Wildman–Crippen LogP) is 3.00. The third-order valence-electron chi connectivity index (χ3n) is 7.29. The van der Waals surface area contributed by atoms with Crippen LogP contribution in [0.25, 0.3) is 11.3 Å². The van der Waals surface area contributed by atoms with Crippen LogP contribution in [0.4, 0.5) is 0 Å². The van der Waals surface area contributed by atoms with E-state index < -0.39 is 17.2 Å². The minimum Gasteiger partial charge on any atom is -0.496 e. The molecule has 1 amide bonds. The van der Waals surface area contributed by atoms with Crippen LogP contribution in [-0.4, -0.2) is 59.0 Å². The Morgan fingerprint density at radius 3 is 2.56 bits per heavy atom. The summed E-state index contributed by atoms with van der Waals surface area (Å²) in [6.07, 6.45) is 3.12. The molecule has 1 aromatic heterocycles. The van der Waals surface area contributed by atoms with E-state index in [4.69, 9.17) is 14.2 Å². The number of benzene rings is 2. The average Bonchev–Trinajstić information content (AvgIpc) is 3.30. The lowest BCUT2D eigenvalue weighted by molar-refractivity contribution is -0.161. The lowest BCUT2D eigenvalue weighted by atomic mass is 9.81. The number of hydrogen-bond acceptors (Lipinski definition) is 7. The van der Waals surface area contributed by atoms with Crippen molar-refractivity contribution in [1.82, 2.24) is 14.7 Å². The van der Waals surface area contributed by atoms with E-state index in [1.54, 1.807) is 17.0 Å². The second kappa shape index (κ2) is 8.67. The normalized spacial score (nSPS) is 17.4. The van der Waals surface area contributed by atoms with Gasteiger partial charge >= 0.3 is 5.97 Å². The summed E-state index contributed by atoms with van der Waals surface area (Å²) < 4.78 is 18.6. The van der Waals surface area contributed by atoms with Crippen molar-refractivity contribution in [3.63, 3.8) is 0 Å². The maximum atomic E-state index is 13.4. The summed E-state index contributed by atoms with van der Waals surface area (Å²) in [6, 6.07) is 12.6. The number of nitrogens with zero attached hydrogens (tertiary/aromatic N) is 3. The van der Waals surface area contributed by atoms with E-state index in [0.29, 0.717) is 31.5 Å². The first-order chi connectivity index (χ1) is 17.2. The Labute approximate surface area is 209 Å². The number of hydrogen-bond donors (Lipinski definition) is 1. The average molecular weight is 492 g/mol. The van der Waals surface area contributed by atoms with Crippen LogP contribution < -0.4 is 9.47 Å². The number of aliphatic hydroxyl groups is 1. The summed E-state index contributed by atoms with van der Waals surface area (Å²) in [6.45, 7) is 2.33. The van der Waals surface area contributed by atoms with Gasteiger partial charge in [0.25, 0.3) is 5.91 Å². The lowest BCUT2D eigenvalue weighted by Crippen LogP contribution is -2.49. The van der Waals surface area contributed by atoms with Crippen molar-refractivity contribution < 1.29 is 28.9 Å². The topological polar surface area (TPSA) is 103 Å². The molecule has 36 heavy (non-hydrogen) atoms. The van der Waals surface area contributed by atoms with Crippen molar-refractivity contribution in [2.24, 2.45) is 7.05 Å². The zero-order valence-electron chi connectivity index (χ0n) is 20.8. The van der Waals surface area contributed by atoms with Gasteiger partial charge in [0, 0.05) is 55.2 Å². The number of piperidine rings is 1. The summed E-state index contributed by atoms with van der Waals surface area (Å²) in [5.74, 6) is 0.0865. The molecule has 3 heterocycles. The molecule has 0 aliphatic carbocycles. The Balaban J connectivity index is 1.38. The van der Waals surface area contributed by atoms with Crippen LogP contribution in [0, 0.1) is 0 Å². The molecule has 1 N–H and O–H groups in total. The molecule has 3 aromatic rings. The molecule has 2 aliphatic rings. The predicted molar refractivity (Wildman–Crippen MR) is 131 cm³/mol. The summed E-state index contributed by atoms with van der Waals surface area (Å²) in [7, 11) is 4.56. The van der Waals surface area contributed by atoms with E-state index in [9.17, 15) is 14.7 Å². The van der Waals surface area contributed by atoms with E-state index in [1.165, 1.54) is 27.2 Å². The van der Waals surface area contributed by atoms with Crippen LogP contribution in [0.2, 0.25) is 0 Å². The smallest absolute Gasteiger partial charge is 0.342 e. The van der Waals surface area contributed by atoms with Crippen molar-refractivity contribution in [3.8, 4) is 22.8 Å². The number of aromatic nitrogens is 2. The van der Waals surface area contributed by atoms with Crippen LogP contribution in [0.1, 0.15) is 41.3 Å². The Hall–Kier alpha value is -3.85. The van der Waals surface area contributed by atoms with Gasteiger partial charge in [-0.2, -0.15) is 5.10 Å². The van der Waals surface area contributed by atoms with Gasteiger partial charge in [-0.1, -0.05) is 18.2 Å². The molecule has 0 bridgehead atoms. The van der Waals surface area contributed by atoms with Crippen molar-refractivity contribution in [3.05, 3.63) is 65.4 Å². The number of carbonyl (C=O) groups excluding carboxylic acids is 2. The van der Waals surface area contributed by atoms with Gasteiger partial charge in [-0.25, -0.2) is 4.79 Å². The molecule has 2 aliphatic heterocycles. The van der Waals surface area contributed by atoms with Gasteiger partial charge in [-0.3, -0.25) is 9.48 Å². The fraction of sp³-hybridized carbons (Fsp3) is 0.370. The van der Waals surface area contributed by atoms with Gasteiger partial charge in [-0.15, -0.1) is 0 Å². The Morgan fingerprint density at radius 1 is 1.14 bits per heavy atom.